The third-order valence-corrected chi connectivity index (χ3v) is 10.7. The van der Waals surface area contributed by atoms with Crippen molar-refractivity contribution in [3.05, 3.63) is 97.1 Å². The van der Waals surface area contributed by atoms with E-state index in [9.17, 15) is 0 Å². The van der Waals surface area contributed by atoms with Gasteiger partial charge >= 0.3 is 0 Å². The van der Waals surface area contributed by atoms with Crippen molar-refractivity contribution in [2.45, 2.75) is 27.7 Å². The van der Waals surface area contributed by atoms with Crippen molar-refractivity contribution in [2.24, 2.45) is 0 Å². The van der Waals surface area contributed by atoms with E-state index in [1.807, 2.05) is 27.7 Å². The van der Waals surface area contributed by atoms with Gasteiger partial charge in [-0.1, -0.05) is 0 Å². The van der Waals surface area contributed by atoms with Gasteiger partial charge in [0.05, 0.1) is 26.4 Å². The first-order valence-corrected chi connectivity index (χ1v) is 16.1. The Labute approximate surface area is 235 Å². The fraction of sp³-hybridized carbons (Fsp3) is 0.250. The quantitative estimate of drug-likeness (QED) is 0.184. The average molecular weight is 562 g/mol. The minimum absolute atomic E-state index is 0.645. The Bertz CT molecular complexity index is 1060. The zero-order valence-electron chi connectivity index (χ0n) is 23.1. The number of hydrogen-bond donors (Lipinski definition) is 1. The van der Waals surface area contributed by atoms with Gasteiger partial charge in [0.15, 0.2) is 0 Å². The highest BCUT2D eigenvalue weighted by atomic mass is 31.2. The summed E-state index contributed by atoms with van der Waals surface area (Å²) in [6.45, 7) is 10.6. The minimum atomic E-state index is -0.904. The molecule has 0 spiro atoms. The van der Waals surface area contributed by atoms with E-state index in [-0.39, 0.29) is 0 Å². The summed E-state index contributed by atoms with van der Waals surface area (Å²) in [5, 5.41) is 4.90. The molecule has 0 aromatic heterocycles. The molecule has 0 fully saturated rings. The number of rotatable bonds is 14. The van der Waals surface area contributed by atoms with E-state index in [1.54, 1.807) is 0 Å². The second-order valence-electron chi connectivity index (χ2n) is 8.48. The molecule has 7 heteroatoms. The first kappa shape index (κ1) is 28.9. The lowest BCUT2D eigenvalue weighted by Gasteiger charge is -2.28. The van der Waals surface area contributed by atoms with Crippen LogP contribution in [0.25, 0.3) is 0 Å². The van der Waals surface area contributed by atoms with Crippen LogP contribution in [0.5, 0.6) is 23.0 Å². The molecule has 0 radical (unpaired) electrons. The first-order chi connectivity index (χ1) is 19.1. The molecule has 204 valence electrons. The van der Waals surface area contributed by atoms with Gasteiger partial charge in [-0.3, -0.25) is 4.86 Å². The minimum Gasteiger partial charge on any atom is -0.494 e. The predicted octanol–water partition coefficient (Wildman–Crippen LogP) is 6.27. The first-order valence-electron chi connectivity index (χ1n) is 13.4. The van der Waals surface area contributed by atoms with Crippen LogP contribution in [0.3, 0.4) is 0 Å². The molecule has 1 N–H and O–H groups in total. The molecule has 4 rings (SSSR count). The molecule has 5 nitrogen and oxygen atoms in total. The highest BCUT2D eigenvalue weighted by molar-refractivity contribution is 7.85. The molecule has 0 amide bonds. The van der Waals surface area contributed by atoms with Crippen molar-refractivity contribution in [3.8, 4) is 23.0 Å². The second kappa shape index (κ2) is 14.9. The van der Waals surface area contributed by atoms with Crippen LogP contribution in [0, 0.1) is 0 Å². The van der Waals surface area contributed by atoms with Gasteiger partial charge in [-0.25, -0.2) is 0 Å². The van der Waals surface area contributed by atoms with E-state index in [0.29, 0.717) is 26.4 Å². The maximum atomic E-state index is 5.72. The van der Waals surface area contributed by atoms with Crippen LogP contribution in [0.15, 0.2) is 97.1 Å². The van der Waals surface area contributed by atoms with E-state index >= 15 is 0 Å². The molecule has 0 bridgehead atoms. The normalized spacial score (nSPS) is 11.0. The highest BCUT2D eigenvalue weighted by Crippen LogP contribution is 2.43. The maximum Gasteiger partial charge on any atom is 0.119 e. The number of ether oxygens (including phenoxy) is 4. The van der Waals surface area contributed by atoms with Gasteiger partial charge in [0.2, 0.25) is 0 Å². The Kier molecular flexibility index (Phi) is 11.0. The van der Waals surface area contributed by atoms with Crippen molar-refractivity contribution in [1.29, 1.82) is 0 Å². The summed E-state index contributed by atoms with van der Waals surface area (Å²) < 4.78 is 22.9. The third-order valence-electron chi connectivity index (χ3n) is 5.82. The van der Waals surface area contributed by atoms with Crippen LogP contribution in [0.4, 0.5) is 0 Å². The zero-order valence-corrected chi connectivity index (χ0v) is 24.9. The molecule has 0 aliphatic heterocycles. The summed E-state index contributed by atoms with van der Waals surface area (Å²) in [5.41, 5.74) is 0. The van der Waals surface area contributed by atoms with Crippen molar-refractivity contribution in [1.82, 2.24) is 4.86 Å². The third kappa shape index (κ3) is 7.96. The van der Waals surface area contributed by atoms with E-state index in [4.69, 9.17) is 18.9 Å². The molecule has 39 heavy (non-hydrogen) atoms. The molecular weight excluding hydrogens is 524 g/mol. The average Bonchev–Trinajstić information content (AvgIpc) is 2.97. The van der Waals surface area contributed by atoms with Gasteiger partial charge in [0, 0.05) is 16.1 Å². The van der Waals surface area contributed by atoms with E-state index < -0.39 is 16.1 Å². The monoisotopic (exact) mass is 561 g/mol. The van der Waals surface area contributed by atoms with Gasteiger partial charge in [-0.05, 0) is 146 Å². The Morgan fingerprint density at radius 2 is 0.590 bits per heavy atom. The fourth-order valence-electron chi connectivity index (χ4n) is 4.06. The predicted molar refractivity (Wildman–Crippen MR) is 166 cm³/mol. The van der Waals surface area contributed by atoms with E-state index in [2.05, 4.69) is 102 Å². The molecule has 0 aliphatic carbocycles. The van der Waals surface area contributed by atoms with Crippen LogP contribution in [-0.2, 0) is 0 Å². The largest absolute Gasteiger partial charge is 0.494 e. The molecule has 0 saturated carbocycles. The number of benzene rings is 4. The van der Waals surface area contributed by atoms with Crippen LogP contribution in [0.2, 0.25) is 0 Å². The van der Waals surface area contributed by atoms with Crippen molar-refractivity contribution < 1.29 is 18.9 Å². The molecule has 0 unspecified atom stereocenters. The second-order valence-corrected chi connectivity index (χ2v) is 12.7. The van der Waals surface area contributed by atoms with Crippen LogP contribution in [-0.4, -0.2) is 26.4 Å². The number of nitrogens with one attached hydrogen (secondary N) is 1. The Morgan fingerprint density at radius 1 is 0.385 bits per heavy atom. The fourth-order valence-corrected chi connectivity index (χ4v) is 9.09. The summed E-state index contributed by atoms with van der Waals surface area (Å²) in [5.74, 6) is 3.51. The highest BCUT2D eigenvalue weighted by Gasteiger charge is 2.23. The summed E-state index contributed by atoms with van der Waals surface area (Å²) in [6.07, 6.45) is 0. The Hall–Kier alpha value is -3.10. The molecule has 4 aromatic rings. The summed E-state index contributed by atoms with van der Waals surface area (Å²) in [7, 11) is -1.81. The summed E-state index contributed by atoms with van der Waals surface area (Å²) in [4.78, 5) is 4.09. The summed E-state index contributed by atoms with van der Waals surface area (Å²) in [6, 6.07) is 33.8. The topological polar surface area (TPSA) is 49.0 Å². The lowest BCUT2D eigenvalue weighted by molar-refractivity contribution is 0.340. The van der Waals surface area contributed by atoms with Crippen LogP contribution in [0.1, 0.15) is 27.7 Å². The molecule has 0 atom stereocenters. The number of hydrogen-bond acceptors (Lipinski definition) is 5. The Morgan fingerprint density at radius 3 is 0.769 bits per heavy atom. The SMILES string of the molecule is CCOc1ccc(P(NP(c2ccc(OCC)cc2)c2ccc(OCC)cc2)c2ccc(OCC)cc2)cc1. The van der Waals surface area contributed by atoms with E-state index in [1.165, 1.54) is 21.2 Å². The van der Waals surface area contributed by atoms with Gasteiger partial charge in [0.25, 0.3) is 0 Å². The lowest BCUT2D eigenvalue weighted by Crippen LogP contribution is -2.27. The van der Waals surface area contributed by atoms with E-state index in [0.717, 1.165) is 23.0 Å². The molecule has 4 aromatic carbocycles. The van der Waals surface area contributed by atoms with Crippen molar-refractivity contribution in [2.75, 3.05) is 26.4 Å². The van der Waals surface area contributed by atoms with Crippen molar-refractivity contribution >= 4 is 37.4 Å². The zero-order chi connectivity index (χ0) is 27.5. The lowest BCUT2D eigenvalue weighted by atomic mass is 10.3. The molecular formula is C32H37NO4P2. The molecule has 0 saturated heterocycles. The van der Waals surface area contributed by atoms with Gasteiger partial charge in [0.1, 0.15) is 23.0 Å². The standard InChI is InChI=1S/C32H37NO4P2/c1-5-34-25-9-17-29(18-10-25)38(30-19-11-26(12-20-30)35-6-2)33-39(31-21-13-27(14-22-31)36-7-3)32-23-15-28(16-24-32)37-8-4/h9-24,33H,5-8H2,1-4H3. The van der Waals surface area contributed by atoms with Gasteiger partial charge in [-0.15, -0.1) is 0 Å². The maximum absolute atomic E-state index is 5.72. The van der Waals surface area contributed by atoms with Gasteiger partial charge < -0.3 is 18.9 Å². The van der Waals surface area contributed by atoms with Crippen LogP contribution < -0.4 is 45.0 Å². The van der Waals surface area contributed by atoms with Gasteiger partial charge in [-0.2, -0.15) is 0 Å². The van der Waals surface area contributed by atoms with Crippen molar-refractivity contribution in [3.63, 3.8) is 0 Å². The molecule has 0 aliphatic rings. The summed E-state index contributed by atoms with van der Waals surface area (Å²) >= 11 is 0. The van der Waals surface area contributed by atoms with Crippen LogP contribution >= 0.6 is 16.1 Å². The molecule has 0 heterocycles. The smallest absolute Gasteiger partial charge is 0.119 e. The Balaban J connectivity index is 1.74.